The van der Waals surface area contributed by atoms with Crippen LogP contribution in [0.4, 0.5) is 5.69 Å². The molecule has 0 unspecified atom stereocenters. The van der Waals surface area contributed by atoms with Crippen LogP contribution in [-0.4, -0.2) is 64.3 Å². The van der Waals surface area contributed by atoms with Crippen LogP contribution in [0.1, 0.15) is 44.1 Å². The molecule has 1 aliphatic rings. The van der Waals surface area contributed by atoms with Crippen molar-refractivity contribution in [1.29, 1.82) is 0 Å². The first-order chi connectivity index (χ1) is 17.0. The van der Waals surface area contributed by atoms with Crippen molar-refractivity contribution in [3.63, 3.8) is 0 Å². The van der Waals surface area contributed by atoms with Crippen molar-refractivity contribution >= 4 is 17.6 Å². The highest BCUT2D eigenvalue weighted by Crippen LogP contribution is 2.27. The fourth-order valence-electron chi connectivity index (χ4n) is 4.44. The molecular weight excluding hydrogens is 442 g/mol. The second kappa shape index (κ2) is 11.2. The highest BCUT2D eigenvalue weighted by atomic mass is 16.5. The highest BCUT2D eigenvalue weighted by molar-refractivity contribution is 5.89. The molecule has 0 saturated carbocycles. The molecule has 0 N–H and O–H groups in total. The summed E-state index contributed by atoms with van der Waals surface area (Å²) in [6.45, 7) is 9.30. The number of amides is 1. The minimum absolute atomic E-state index is 0.0919. The molecule has 8 nitrogen and oxygen atoms in total. The third-order valence-electron chi connectivity index (χ3n) is 6.32. The number of carbonyl (C=O) groups excluding carboxylic acids is 2. The van der Waals surface area contributed by atoms with Gasteiger partial charge in [-0.05, 0) is 43.7 Å². The van der Waals surface area contributed by atoms with E-state index in [0.717, 1.165) is 56.0 Å². The fourth-order valence-corrected chi connectivity index (χ4v) is 4.44. The summed E-state index contributed by atoms with van der Waals surface area (Å²) in [5.74, 6) is 0.525. The van der Waals surface area contributed by atoms with Gasteiger partial charge < -0.3 is 14.5 Å². The molecule has 0 aliphatic carbocycles. The van der Waals surface area contributed by atoms with E-state index < -0.39 is 5.97 Å². The molecule has 1 amide bonds. The van der Waals surface area contributed by atoms with Crippen LogP contribution in [0, 0.1) is 5.92 Å². The maximum Gasteiger partial charge on any atom is 0.358 e. The summed E-state index contributed by atoms with van der Waals surface area (Å²) in [6.07, 6.45) is 3.66. The Hall–Kier alpha value is -3.68. The number of piperazine rings is 1. The van der Waals surface area contributed by atoms with Crippen LogP contribution in [0.25, 0.3) is 17.1 Å². The van der Waals surface area contributed by atoms with Crippen LogP contribution in [-0.2, 0) is 9.53 Å². The molecule has 1 fully saturated rings. The predicted octanol–water partition coefficient (Wildman–Crippen LogP) is 4.20. The molecule has 184 valence electrons. The number of rotatable bonds is 8. The Morgan fingerprint density at radius 2 is 1.77 bits per heavy atom. The minimum Gasteiger partial charge on any atom is -0.461 e. The average Bonchev–Trinajstić information content (AvgIpc) is 3.35. The van der Waals surface area contributed by atoms with Crippen molar-refractivity contribution in [2.24, 2.45) is 5.92 Å². The number of esters is 1. The normalized spacial score (nSPS) is 14.6. The number of hydrogen-bond acceptors (Lipinski definition) is 6. The van der Waals surface area contributed by atoms with E-state index in [0.29, 0.717) is 5.82 Å². The number of ether oxygens (including phenoxy) is 1. The Kier molecular flexibility index (Phi) is 7.80. The van der Waals surface area contributed by atoms with E-state index in [-0.39, 0.29) is 24.1 Å². The van der Waals surface area contributed by atoms with Gasteiger partial charge in [0.1, 0.15) is 0 Å². The first kappa shape index (κ1) is 24.4. The monoisotopic (exact) mass is 475 g/mol. The van der Waals surface area contributed by atoms with E-state index in [9.17, 15) is 9.59 Å². The van der Waals surface area contributed by atoms with Crippen molar-refractivity contribution in [3.05, 3.63) is 60.4 Å². The van der Waals surface area contributed by atoms with Crippen molar-refractivity contribution < 1.29 is 14.3 Å². The fraction of sp³-hybridized carbons (Fsp3) is 0.407. The largest absolute Gasteiger partial charge is 0.461 e. The van der Waals surface area contributed by atoms with Gasteiger partial charge in [0.05, 0.1) is 12.3 Å². The van der Waals surface area contributed by atoms with Gasteiger partial charge in [0, 0.05) is 49.5 Å². The molecule has 2 aromatic heterocycles. The van der Waals surface area contributed by atoms with Gasteiger partial charge in [-0.1, -0.05) is 38.5 Å². The summed E-state index contributed by atoms with van der Waals surface area (Å²) in [5.41, 5.74) is 3.04. The molecule has 4 rings (SSSR count). The van der Waals surface area contributed by atoms with Crippen molar-refractivity contribution in [3.8, 4) is 17.1 Å². The number of benzene rings is 1. The van der Waals surface area contributed by atoms with Crippen molar-refractivity contribution in [1.82, 2.24) is 19.7 Å². The van der Waals surface area contributed by atoms with Crippen LogP contribution in [0.5, 0.6) is 0 Å². The van der Waals surface area contributed by atoms with E-state index in [1.54, 1.807) is 23.9 Å². The van der Waals surface area contributed by atoms with Gasteiger partial charge in [-0.3, -0.25) is 4.79 Å². The third kappa shape index (κ3) is 5.53. The van der Waals surface area contributed by atoms with Crippen molar-refractivity contribution in [2.75, 3.05) is 37.7 Å². The zero-order valence-electron chi connectivity index (χ0n) is 20.7. The molecule has 1 aromatic carbocycles. The van der Waals surface area contributed by atoms with Crippen LogP contribution < -0.4 is 4.90 Å². The topological polar surface area (TPSA) is 80.6 Å². The molecule has 0 spiro atoms. The van der Waals surface area contributed by atoms with Gasteiger partial charge in [0.2, 0.25) is 5.91 Å². The molecule has 1 aliphatic heterocycles. The van der Waals surface area contributed by atoms with Crippen LogP contribution in [0.2, 0.25) is 0 Å². The molecule has 35 heavy (non-hydrogen) atoms. The predicted molar refractivity (Wildman–Crippen MR) is 136 cm³/mol. The Labute approximate surface area is 206 Å². The number of hydrogen-bond donors (Lipinski definition) is 0. The molecule has 0 bridgehead atoms. The molecule has 0 radical (unpaired) electrons. The van der Waals surface area contributed by atoms with Crippen LogP contribution >= 0.6 is 0 Å². The van der Waals surface area contributed by atoms with E-state index in [2.05, 4.69) is 34.0 Å². The second-order valence-corrected chi connectivity index (χ2v) is 8.78. The second-order valence-electron chi connectivity index (χ2n) is 8.78. The lowest BCUT2D eigenvalue weighted by atomic mass is 10.0. The maximum absolute atomic E-state index is 12.6. The Balaban J connectivity index is 1.51. The van der Waals surface area contributed by atoms with E-state index in [1.807, 2.05) is 42.2 Å². The first-order valence-corrected chi connectivity index (χ1v) is 12.3. The third-order valence-corrected chi connectivity index (χ3v) is 6.32. The first-order valence-electron chi connectivity index (χ1n) is 12.3. The van der Waals surface area contributed by atoms with E-state index in [1.165, 1.54) is 0 Å². The molecule has 3 aromatic rings. The maximum atomic E-state index is 12.6. The molecule has 3 heterocycles. The molecule has 8 heteroatoms. The SMILES string of the molecule is CCC[C@@H](C)C(=O)N1CCN(c2ccc(-c3cc(C(=O)OCC)nn3-c3ccccn3)cc2)CC1. The zero-order chi connectivity index (χ0) is 24.8. The lowest BCUT2D eigenvalue weighted by Gasteiger charge is -2.37. The average molecular weight is 476 g/mol. The van der Waals surface area contributed by atoms with E-state index >= 15 is 0 Å². The smallest absolute Gasteiger partial charge is 0.358 e. The van der Waals surface area contributed by atoms with Gasteiger partial charge in [0.15, 0.2) is 11.5 Å². The summed E-state index contributed by atoms with van der Waals surface area (Å²) in [7, 11) is 0. The number of pyridine rings is 1. The summed E-state index contributed by atoms with van der Waals surface area (Å²) >= 11 is 0. The summed E-state index contributed by atoms with van der Waals surface area (Å²) in [5, 5.41) is 4.47. The van der Waals surface area contributed by atoms with Gasteiger partial charge in [-0.25, -0.2) is 14.5 Å². The van der Waals surface area contributed by atoms with Crippen molar-refractivity contribution in [2.45, 2.75) is 33.6 Å². The summed E-state index contributed by atoms with van der Waals surface area (Å²) in [4.78, 5) is 33.7. The van der Waals surface area contributed by atoms with Gasteiger partial charge in [-0.2, -0.15) is 5.10 Å². The summed E-state index contributed by atoms with van der Waals surface area (Å²) < 4.78 is 6.82. The Bertz CT molecular complexity index is 1140. The van der Waals surface area contributed by atoms with E-state index in [4.69, 9.17) is 4.74 Å². The Morgan fingerprint density at radius 1 is 1.03 bits per heavy atom. The lowest BCUT2D eigenvalue weighted by molar-refractivity contribution is -0.135. The summed E-state index contributed by atoms with van der Waals surface area (Å²) in [6, 6.07) is 15.5. The van der Waals surface area contributed by atoms with Crippen LogP contribution in [0.3, 0.4) is 0 Å². The Morgan fingerprint density at radius 3 is 2.40 bits per heavy atom. The number of carbonyl (C=O) groups is 2. The quantitative estimate of drug-likeness (QED) is 0.455. The van der Waals surface area contributed by atoms with Gasteiger partial charge in [-0.15, -0.1) is 0 Å². The lowest BCUT2D eigenvalue weighted by Crippen LogP contribution is -2.50. The number of anilines is 1. The standard InChI is InChI=1S/C27H33N5O3/c1-4-8-20(3)26(33)31-17-15-30(16-18-31)22-12-10-21(11-13-22)24-19-23(27(34)35-5-2)29-32(24)25-9-6-7-14-28-25/h6-7,9-14,19-20H,4-5,8,15-18H2,1-3H3/t20-/m1/s1. The molecule has 1 saturated heterocycles. The highest BCUT2D eigenvalue weighted by Gasteiger charge is 2.25. The van der Waals surface area contributed by atoms with Gasteiger partial charge in [0.25, 0.3) is 0 Å². The molecular formula is C27H33N5O3. The minimum atomic E-state index is -0.458. The van der Waals surface area contributed by atoms with Gasteiger partial charge >= 0.3 is 5.97 Å². The number of nitrogens with zero attached hydrogens (tertiary/aromatic N) is 5. The van der Waals surface area contributed by atoms with Crippen LogP contribution in [0.15, 0.2) is 54.7 Å². The zero-order valence-corrected chi connectivity index (χ0v) is 20.7. The number of aromatic nitrogens is 3. The molecule has 1 atom stereocenters.